The molecule has 0 saturated carbocycles. The lowest BCUT2D eigenvalue weighted by molar-refractivity contribution is -0.880. The quantitative estimate of drug-likeness (QED) is 0.694. The maximum atomic E-state index is 13.1. The molecule has 1 saturated heterocycles. The molecule has 0 radical (unpaired) electrons. The number of amides is 1. The van der Waals surface area contributed by atoms with E-state index < -0.39 is 0 Å². The second-order valence-electron chi connectivity index (χ2n) is 7.43. The number of rotatable bonds is 4. The van der Waals surface area contributed by atoms with Gasteiger partial charge in [-0.2, -0.15) is 0 Å². The average Bonchev–Trinajstić information content (AvgIpc) is 2.73. The van der Waals surface area contributed by atoms with Gasteiger partial charge in [0.15, 0.2) is 0 Å². The fraction of sp³-hybridized carbons (Fsp3) is 0.261. The number of anilines is 2. The van der Waals surface area contributed by atoms with E-state index in [1.54, 1.807) is 7.11 Å². The van der Waals surface area contributed by atoms with Crippen molar-refractivity contribution in [2.24, 2.45) is 0 Å². The molecule has 0 aliphatic carbocycles. The average molecular weight is 411 g/mol. The van der Waals surface area contributed by atoms with Gasteiger partial charge in [-0.3, -0.25) is 4.79 Å². The first-order chi connectivity index (χ1) is 14.1. The van der Waals surface area contributed by atoms with Crippen LogP contribution in [0.1, 0.15) is 10.4 Å². The second kappa shape index (κ2) is 8.31. The molecule has 6 heteroatoms. The summed E-state index contributed by atoms with van der Waals surface area (Å²) in [5.74, 6) is 0.328. The summed E-state index contributed by atoms with van der Waals surface area (Å²) >= 11 is 6.56. The zero-order chi connectivity index (χ0) is 20.4. The number of nitrogens with one attached hydrogen (secondary N) is 2. The predicted molar refractivity (Wildman–Crippen MR) is 119 cm³/mol. The number of halogens is 1. The first-order valence-corrected chi connectivity index (χ1v) is 10.2. The molecule has 0 bridgehead atoms. The molecule has 1 aliphatic heterocycles. The summed E-state index contributed by atoms with van der Waals surface area (Å²) in [5, 5.41) is 5.47. The standard InChI is InChI=1S/C23H24ClN3O2/c1-26-11-13-27(14-12-26)20-9-8-17(15-19(20)24)25-23(28)22-18-6-4-3-5-16(18)7-10-21(22)29-2/h3-10,15H,11-14H2,1-2H3,(H,25,28)/p+1. The van der Waals surface area contributed by atoms with Crippen LogP contribution in [0.15, 0.2) is 54.6 Å². The lowest BCUT2D eigenvalue weighted by atomic mass is 10.0. The van der Waals surface area contributed by atoms with Crippen molar-refractivity contribution in [1.82, 2.24) is 0 Å². The number of carbonyl (C=O) groups excluding carboxylic acids is 1. The number of fused-ring (bicyclic) bond motifs is 1. The van der Waals surface area contributed by atoms with Crippen LogP contribution in [0.25, 0.3) is 10.8 Å². The lowest BCUT2D eigenvalue weighted by Crippen LogP contribution is -3.12. The van der Waals surface area contributed by atoms with Gasteiger partial charge in [0.05, 0.1) is 56.6 Å². The molecule has 1 aliphatic rings. The first kappa shape index (κ1) is 19.6. The third-order valence-electron chi connectivity index (χ3n) is 5.50. The Balaban J connectivity index is 1.59. The Morgan fingerprint density at radius 3 is 2.59 bits per heavy atom. The third kappa shape index (κ3) is 4.02. The first-order valence-electron chi connectivity index (χ1n) is 9.79. The van der Waals surface area contributed by atoms with Crippen LogP contribution in [0.3, 0.4) is 0 Å². The minimum absolute atomic E-state index is 0.217. The van der Waals surface area contributed by atoms with Crippen molar-refractivity contribution in [1.29, 1.82) is 0 Å². The number of hydrogen-bond acceptors (Lipinski definition) is 3. The summed E-state index contributed by atoms with van der Waals surface area (Å²) in [6.45, 7) is 4.14. The number of nitrogens with zero attached hydrogens (tertiary/aromatic N) is 1. The third-order valence-corrected chi connectivity index (χ3v) is 5.80. The Morgan fingerprint density at radius 2 is 1.86 bits per heavy atom. The van der Waals surface area contributed by atoms with Crippen LogP contribution in [0.2, 0.25) is 5.02 Å². The molecule has 1 heterocycles. The summed E-state index contributed by atoms with van der Waals surface area (Å²) < 4.78 is 5.45. The molecule has 3 aromatic carbocycles. The van der Waals surface area contributed by atoms with Gasteiger partial charge < -0.3 is 19.9 Å². The monoisotopic (exact) mass is 410 g/mol. The van der Waals surface area contributed by atoms with Crippen molar-refractivity contribution in [3.63, 3.8) is 0 Å². The van der Waals surface area contributed by atoms with Crippen LogP contribution >= 0.6 is 11.6 Å². The van der Waals surface area contributed by atoms with Crippen LogP contribution in [0, 0.1) is 0 Å². The lowest BCUT2D eigenvalue weighted by Gasteiger charge is -2.32. The molecule has 0 atom stereocenters. The summed E-state index contributed by atoms with van der Waals surface area (Å²) in [7, 11) is 3.78. The van der Waals surface area contributed by atoms with Gasteiger partial charge in [0.25, 0.3) is 5.91 Å². The van der Waals surface area contributed by atoms with Gasteiger partial charge in [-0.05, 0) is 35.0 Å². The number of likely N-dealkylation sites (N-methyl/N-ethyl adjacent to an activating group) is 1. The number of benzene rings is 3. The van der Waals surface area contributed by atoms with Gasteiger partial charge in [0.2, 0.25) is 0 Å². The minimum Gasteiger partial charge on any atom is -0.496 e. The molecule has 2 N–H and O–H groups in total. The zero-order valence-electron chi connectivity index (χ0n) is 16.7. The maximum Gasteiger partial charge on any atom is 0.260 e. The molecule has 4 rings (SSSR count). The molecular formula is C23H25ClN3O2+. The van der Waals surface area contributed by atoms with E-state index in [2.05, 4.69) is 17.3 Å². The number of carbonyl (C=O) groups is 1. The van der Waals surface area contributed by atoms with Crippen LogP contribution in [0.4, 0.5) is 11.4 Å². The van der Waals surface area contributed by atoms with E-state index in [-0.39, 0.29) is 5.91 Å². The molecule has 1 amide bonds. The molecule has 1 fully saturated rings. The van der Waals surface area contributed by atoms with E-state index in [0.29, 0.717) is 22.0 Å². The van der Waals surface area contributed by atoms with E-state index in [4.69, 9.17) is 16.3 Å². The predicted octanol–water partition coefficient (Wildman–Crippen LogP) is 3.09. The zero-order valence-corrected chi connectivity index (χ0v) is 17.4. The Morgan fingerprint density at radius 1 is 1.10 bits per heavy atom. The van der Waals surface area contributed by atoms with Gasteiger partial charge in [-0.15, -0.1) is 0 Å². The summed E-state index contributed by atoms with van der Waals surface area (Å²) in [4.78, 5) is 16.9. The van der Waals surface area contributed by atoms with Gasteiger partial charge in [0, 0.05) is 5.69 Å². The van der Waals surface area contributed by atoms with Crippen molar-refractivity contribution in [2.45, 2.75) is 0 Å². The number of piperazine rings is 1. The Hall–Kier alpha value is -2.76. The van der Waals surface area contributed by atoms with E-state index in [9.17, 15) is 4.79 Å². The van der Waals surface area contributed by atoms with Crippen LogP contribution < -0.4 is 19.9 Å². The van der Waals surface area contributed by atoms with Crippen molar-refractivity contribution >= 4 is 39.7 Å². The van der Waals surface area contributed by atoms with E-state index in [1.165, 1.54) is 4.90 Å². The van der Waals surface area contributed by atoms with E-state index in [0.717, 1.165) is 42.6 Å². The summed E-state index contributed by atoms with van der Waals surface area (Å²) in [5.41, 5.74) is 2.20. The SMILES string of the molecule is COc1ccc2ccccc2c1C(=O)Nc1ccc(N2CC[NH+](C)CC2)c(Cl)c1. The highest BCUT2D eigenvalue weighted by molar-refractivity contribution is 6.33. The number of quaternary nitrogens is 1. The molecule has 3 aromatic rings. The molecule has 5 nitrogen and oxygen atoms in total. The molecule has 0 spiro atoms. The molecule has 29 heavy (non-hydrogen) atoms. The number of ether oxygens (including phenoxy) is 1. The Labute approximate surface area is 175 Å². The van der Waals surface area contributed by atoms with Crippen LogP contribution in [-0.2, 0) is 0 Å². The summed E-state index contributed by atoms with van der Waals surface area (Å²) in [6, 6.07) is 17.3. The molecule has 0 aromatic heterocycles. The Bertz CT molecular complexity index is 1050. The van der Waals surface area contributed by atoms with E-state index >= 15 is 0 Å². The fourth-order valence-electron chi connectivity index (χ4n) is 3.82. The maximum absolute atomic E-state index is 13.1. The van der Waals surface area contributed by atoms with Crippen molar-refractivity contribution in [3.05, 3.63) is 65.2 Å². The highest BCUT2D eigenvalue weighted by Crippen LogP contribution is 2.31. The normalized spacial score (nSPS) is 14.8. The topological polar surface area (TPSA) is 46.0 Å². The van der Waals surface area contributed by atoms with E-state index in [1.807, 2.05) is 54.6 Å². The highest BCUT2D eigenvalue weighted by atomic mass is 35.5. The van der Waals surface area contributed by atoms with Crippen LogP contribution in [0.5, 0.6) is 5.75 Å². The summed E-state index contributed by atoms with van der Waals surface area (Å²) in [6.07, 6.45) is 0. The Kier molecular flexibility index (Phi) is 5.60. The minimum atomic E-state index is -0.217. The molecular weight excluding hydrogens is 386 g/mol. The molecule has 150 valence electrons. The van der Waals surface area contributed by atoms with Gasteiger partial charge in [-0.25, -0.2) is 0 Å². The van der Waals surface area contributed by atoms with Gasteiger partial charge in [0.1, 0.15) is 5.75 Å². The largest absolute Gasteiger partial charge is 0.496 e. The van der Waals surface area contributed by atoms with Gasteiger partial charge in [-0.1, -0.05) is 41.9 Å². The highest BCUT2D eigenvalue weighted by Gasteiger charge is 2.20. The van der Waals surface area contributed by atoms with Crippen molar-refractivity contribution in [2.75, 3.05) is 50.6 Å². The van der Waals surface area contributed by atoms with Crippen molar-refractivity contribution in [3.8, 4) is 5.75 Å². The second-order valence-corrected chi connectivity index (χ2v) is 7.84. The smallest absolute Gasteiger partial charge is 0.260 e. The number of methoxy groups -OCH3 is 1. The number of hydrogen-bond donors (Lipinski definition) is 2. The fourth-order valence-corrected chi connectivity index (χ4v) is 4.12. The molecule has 0 unspecified atom stereocenters. The van der Waals surface area contributed by atoms with Gasteiger partial charge >= 0.3 is 0 Å². The van der Waals surface area contributed by atoms with Crippen LogP contribution in [-0.4, -0.2) is 46.2 Å². The van der Waals surface area contributed by atoms with Crippen molar-refractivity contribution < 1.29 is 14.4 Å².